The van der Waals surface area contributed by atoms with Gasteiger partial charge < -0.3 is 19.9 Å². The second kappa shape index (κ2) is 8.43. The molecule has 2 unspecified atom stereocenters. The summed E-state index contributed by atoms with van der Waals surface area (Å²) in [6.45, 7) is 4.60. The number of hydrogen-bond donors (Lipinski definition) is 2. The Morgan fingerprint density at radius 3 is 2.86 bits per heavy atom. The molecule has 0 fully saturated rings. The predicted octanol–water partition coefficient (Wildman–Crippen LogP) is 3.71. The normalized spacial score (nSPS) is 14.2. The van der Waals surface area contributed by atoms with Crippen molar-refractivity contribution >= 4 is 11.9 Å². The van der Waals surface area contributed by atoms with Crippen LogP contribution in [0.5, 0.6) is 11.5 Å². The topological polar surface area (TPSA) is 95.7 Å². The average Bonchev–Trinajstić information content (AvgIpc) is 2.65. The summed E-state index contributed by atoms with van der Waals surface area (Å²) in [5.41, 5.74) is 7.89. The van der Waals surface area contributed by atoms with Crippen molar-refractivity contribution in [1.82, 2.24) is 4.98 Å². The summed E-state index contributed by atoms with van der Waals surface area (Å²) in [6.07, 6.45) is 1.75. The van der Waals surface area contributed by atoms with E-state index in [1.54, 1.807) is 18.3 Å². The summed E-state index contributed by atoms with van der Waals surface area (Å²) in [5, 5.41) is 2.51. The molecule has 8 heteroatoms. The van der Waals surface area contributed by atoms with Crippen molar-refractivity contribution in [3.63, 3.8) is 0 Å². The number of rotatable bonds is 6. The molecule has 3 rings (SSSR count). The minimum Gasteiger partial charge on any atom is -0.490 e. The number of hydrogen-bond acceptors (Lipinski definition) is 6. The van der Waals surface area contributed by atoms with Crippen molar-refractivity contribution < 1.29 is 23.4 Å². The fourth-order valence-corrected chi connectivity index (χ4v) is 3.14. The molecule has 7 nitrogen and oxygen atoms in total. The molecule has 1 aromatic carbocycles. The molecule has 150 valence electrons. The predicted molar refractivity (Wildman–Crippen MR) is 103 cm³/mol. The summed E-state index contributed by atoms with van der Waals surface area (Å²) >= 11 is 0. The number of halogens is 1. The summed E-state index contributed by atoms with van der Waals surface area (Å²) in [4.78, 5) is 15.5. The fourth-order valence-electron chi connectivity index (χ4n) is 3.14. The van der Waals surface area contributed by atoms with Crippen molar-refractivity contribution in [3.05, 3.63) is 35.8 Å². The number of fused-ring (bicyclic) bond motifs is 3. The van der Waals surface area contributed by atoms with Crippen LogP contribution in [-0.2, 0) is 11.3 Å². The van der Waals surface area contributed by atoms with E-state index < -0.39 is 11.9 Å². The van der Waals surface area contributed by atoms with Crippen LogP contribution in [0.1, 0.15) is 25.8 Å². The Balaban J connectivity index is 1.84. The first-order valence-corrected chi connectivity index (χ1v) is 9.06. The van der Waals surface area contributed by atoms with E-state index in [0.717, 1.165) is 17.5 Å². The first-order chi connectivity index (χ1) is 13.4. The Morgan fingerprint density at radius 2 is 2.14 bits per heavy atom. The van der Waals surface area contributed by atoms with Crippen LogP contribution in [-0.4, -0.2) is 30.8 Å². The zero-order chi connectivity index (χ0) is 20.3. The van der Waals surface area contributed by atoms with Crippen molar-refractivity contribution in [2.45, 2.75) is 32.9 Å². The number of ether oxygens (including phenoxy) is 3. The SMILES string of the molecule is COC(=O)Nc1cc2c(cn1)COc1cc(OCC(C)CC(C)N)c(F)cc1-2. The first kappa shape index (κ1) is 19.9. The van der Waals surface area contributed by atoms with E-state index >= 15 is 0 Å². The van der Waals surface area contributed by atoms with E-state index in [2.05, 4.69) is 15.0 Å². The van der Waals surface area contributed by atoms with Crippen molar-refractivity contribution in [2.75, 3.05) is 19.0 Å². The Labute approximate surface area is 163 Å². The number of pyridine rings is 1. The molecule has 2 atom stereocenters. The lowest BCUT2D eigenvalue weighted by Crippen LogP contribution is -2.21. The number of amides is 1. The maximum Gasteiger partial charge on any atom is 0.412 e. The van der Waals surface area contributed by atoms with Crippen LogP contribution < -0.4 is 20.5 Å². The molecule has 0 saturated carbocycles. The van der Waals surface area contributed by atoms with Crippen molar-refractivity contribution in [2.24, 2.45) is 11.7 Å². The van der Waals surface area contributed by atoms with Crippen LogP contribution in [0, 0.1) is 11.7 Å². The minimum absolute atomic E-state index is 0.0632. The number of carbonyl (C=O) groups is 1. The van der Waals surface area contributed by atoms with Crippen LogP contribution in [0.3, 0.4) is 0 Å². The lowest BCUT2D eigenvalue weighted by molar-refractivity contribution is 0.187. The van der Waals surface area contributed by atoms with E-state index in [0.29, 0.717) is 30.3 Å². The van der Waals surface area contributed by atoms with E-state index in [9.17, 15) is 9.18 Å². The molecule has 2 aromatic rings. The Bertz CT molecular complexity index is 873. The number of methoxy groups -OCH3 is 1. The maximum absolute atomic E-state index is 14.6. The van der Waals surface area contributed by atoms with Crippen molar-refractivity contribution in [3.8, 4) is 22.6 Å². The molecule has 3 N–H and O–H groups in total. The van der Waals surface area contributed by atoms with Crippen LogP contribution in [0.4, 0.5) is 15.0 Å². The summed E-state index contributed by atoms with van der Waals surface area (Å²) in [5.74, 6) is 0.682. The number of nitrogens with zero attached hydrogens (tertiary/aromatic N) is 1. The van der Waals surface area contributed by atoms with Gasteiger partial charge in [-0.05, 0) is 37.0 Å². The number of nitrogens with one attached hydrogen (secondary N) is 1. The highest BCUT2D eigenvalue weighted by atomic mass is 19.1. The van der Waals surface area contributed by atoms with Gasteiger partial charge in [-0.3, -0.25) is 5.32 Å². The summed E-state index contributed by atoms with van der Waals surface area (Å²) in [7, 11) is 1.27. The second-order valence-electron chi connectivity index (χ2n) is 7.04. The van der Waals surface area contributed by atoms with Crippen LogP contribution in [0.25, 0.3) is 11.1 Å². The summed E-state index contributed by atoms with van der Waals surface area (Å²) in [6, 6.07) is 4.66. The van der Waals surface area contributed by atoms with Gasteiger partial charge in [0.25, 0.3) is 0 Å². The molecule has 1 aliphatic heterocycles. The van der Waals surface area contributed by atoms with Gasteiger partial charge in [-0.15, -0.1) is 0 Å². The molecule has 1 amide bonds. The molecule has 0 spiro atoms. The second-order valence-corrected chi connectivity index (χ2v) is 7.04. The van der Waals surface area contributed by atoms with E-state index in [-0.39, 0.29) is 17.7 Å². The molecule has 0 aliphatic carbocycles. The van der Waals surface area contributed by atoms with E-state index in [1.807, 2.05) is 13.8 Å². The van der Waals surface area contributed by atoms with E-state index in [4.69, 9.17) is 15.2 Å². The molecule has 1 aliphatic rings. The smallest absolute Gasteiger partial charge is 0.412 e. The van der Waals surface area contributed by atoms with Crippen LogP contribution in [0.2, 0.25) is 0 Å². The molecular formula is C20H24FN3O4. The Kier molecular flexibility index (Phi) is 5.99. The number of anilines is 1. The van der Waals surface area contributed by atoms with Gasteiger partial charge in [0.05, 0.1) is 13.7 Å². The monoisotopic (exact) mass is 389 g/mol. The number of benzene rings is 1. The van der Waals surface area contributed by atoms with Gasteiger partial charge in [-0.2, -0.15) is 0 Å². The molecule has 2 heterocycles. The molecular weight excluding hydrogens is 365 g/mol. The van der Waals surface area contributed by atoms with Gasteiger partial charge in [0.2, 0.25) is 0 Å². The van der Waals surface area contributed by atoms with Gasteiger partial charge in [-0.25, -0.2) is 14.2 Å². The zero-order valence-corrected chi connectivity index (χ0v) is 16.1. The number of aromatic nitrogens is 1. The summed E-state index contributed by atoms with van der Waals surface area (Å²) < 4.78 is 30.6. The van der Waals surface area contributed by atoms with Crippen LogP contribution in [0.15, 0.2) is 24.4 Å². The highest BCUT2D eigenvalue weighted by molar-refractivity contribution is 5.85. The lowest BCUT2D eigenvalue weighted by Gasteiger charge is -2.22. The van der Waals surface area contributed by atoms with Crippen LogP contribution >= 0.6 is 0 Å². The molecule has 0 radical (unpaired) electrons. The number of nitrogens with two attached hydrogens (primary N) is 1. The van der Waals surface area contributed by atoms with Gasteiger partial charge in [-0.1, -0.05) is 6.92 Å². The molecule has 0 bridgehead atoms. The van der Waals surface area contributed by atoms with Gasteiger partial charge in [0, 0.05) is 29.4 Å². The minimum atomic E-state index is -0.629. The largest absolute Gasteiger partial charge is 0.490 e. The third-order valence-electron chi connectivity index (χ3n) is 4.41. The lowest BCUT2D eigenvalue weighted by atomic mass is 9.98. The first-order valence-electron chi connectivity index (χ1n) is 9.06. The average molecular weight is 389 g/mol. The zero-order valence-electron chi connectivity index (χ0n) is 16.1. The highest BCUT2D eigenvalue weighted by Gasteiger charge is 2.22. The maximum atomic E-state index is 14.6. The third kappa shape index (κ3) is 4.51. The standard InChI is InChI=1S/C20H24FN3O4/c1-11(4-12(2)22)9-27-18-7-17-15(5-16(18)21)14-6-19(24-20(25)26-3)23-8-13(14)10-28-17/h5-8,11-12H,4,9-10,22H2,1-3H3,(H,23,24,25). The number of carbonyl (C=O) groups excluding carboxylic acids is 1. The third-order valence-corrected chi connectivity index (χ3v) is 4.41. The van der Waals surface area contributed by atoms with Gasteiger partial charge >= 0.3 is 6.09 Å². The van der Waals surface area contributed by atoms with Gasteiger partial charge in [0.15, 0.2) is 11.6 Å². The highest BCUT2D eigenvalue weighted by Crippen LogP contribution is 2.41. The van der Waals surface area contributed by atoms with Crippen molar-refractivity contribution in [1.29, 1.82) is 0 Å². The quantitative estimate of drug-likeness (QED) is 0.782. The molecule has 1 aromatic heterocycles. The Hall–Kier alpha value is -2.87. The molecule has 0 saturated heterocycles. The van der Waals surface area contributed by atoms with Gasteiger partial charge in [0.1, 0.15) is 18.2 Å². The van der Waals surface area contributed by atoms with E-state index in [1.165, 1.54) is 13.2 Å². The molecule has 28 heavy (non-hydrogen) atoms. The fraction of sp³-hybridized carbons (Fsp3) is 0.400. The Morgan fingerprint density at radius 1 is 1.36 bits per heavy atom.